The summed E-state index contributed by atoms with van der Waals surface area (Å²) in [5.41, 5.74) is 0. The predicted octanol–water partition coefficient (Wildman–Crippen LogP) is 9.00. The zero-order valence-corrected chi connectivity index (χ0v) is 30.1. The summed E-state index contributed by atoms with van der Waals surface area (Å²) in [5, 5.41) is 9.95. The molecule has 270 valence electrons. The molecule has 0 aromatic carbocycles. The predicted molar refractivity (Wildman–Crippen MR) is 190 cm³/mol. The smallest absolute Gasteiger partial charge is 0.462 e. The van der Waals surface area contributed by atoms with E-state index in [-0.39, 0.29) is 19.4 Å². The molecule has 0 rings (SSSR count). The first kappa shape index (κ1) is 44.7. The van der Waals surface area contributed by atoms with Gasteiger partial charge in [0.05, 0.1) is 12.7 Å². The van der Waals surface area contributed by atoms with E-state index in [1.807, 2.05) is 42.5 Å². The van der Waals surface area contributed by atoms with Crippen molar-refractivity contribution < 1.29 is 43.0 Å². The van der Waals surface area contributed by atoms with Crippen LogP contribution in [0.2, 0.25) is 0 Å². The molecule has 0 radical (unpaired) electrons. The lowest BCUT2D eigenvalue weighted by molar-refractivity contribution is -0.161. The summed E-state index contributed by atoms with van der Waals surface area (Å²) in [6.45, 7) is 5.68. The highest BCUT2D eigenvalue weighted by Crippen LogP contribution is 2.35. The fraction of sp³-hybridized carbons (Fsp3) is 0.676. The maximum atomic E-state index is 12.3. The Balaban J connectivity index is 4.19. The van der Waals surface area contributed by atoms with E-state index in [4.69, 9.17) is 19.3 Å². The first-order valence-electron chi connectivity index (χ1n) is 17.5. The van der Waals surface area contributed by atoms with Crippen molar-refractivity contribution in [2.75, 3.05) is 13.2 Å². The fourth-order valence-corrected chi connectivity index (χ4v) is 4.80. The molecule has 0 aromatic heterocycles. The molecule has 0 aliphatic rings. The molecule has 0 fully saturated rings. The quantitative estimate of drug-likeness (QED) is 0.0223. The van der Waals surface area contributed by atoms with Gasteiger partial charge in [-0.3, -0.25) is 14.1 Å². The van der Waals surface area contributed by atoms with Gasteiger partial charge in [0.1, 0.15) is 6.61 Å². The van der Waals surface area contributed by atoms with Crippen LogP contribution in [-0.4, -0.2) is 52.3 Å². The average Bonchev–Trinajstić information content (AvgIpc) is 3.01. The molecule has 0 amide bonds. The van der Waals surface area contributed by atoms with E-state index in [1.54, 1.807) is 6.08 Å². The van der Waals surface area contributed by atoms with Crippen LogP contribution in [-0.2, 0) is 28.2 Å². The van der Waals surface area contributed by atoms with Gasteiger partial charge in [-0.2, -0.15) is 0 Å². The number of phosphoric acid groups is 1. The average molecular weight is 683 g/mol. The van der Waals surface area contributed by atoms with Gasteiger partial charge in [-0.05, 0) is 50.9 Å². The van der Waals surface area contributed by atoms with Crippen molar-refractivity contribution in [3.63, 3.8) is 0 Å². The topological polar surface area (TPSA) is 140 Å². The van der Waals surface area contributed by atoms with Crippen LogP contribution in [0.15, 0.2) is 60.8 Å². The number of ether oxygens (including phenoxy) is 2. The second kappa shape index (κ2) is 31.0. The van der Waals surface area contributed by atoms with Gasteiger partial charge >= 0.3 is 19.8 Å². The van der Waals surface area contributed by atoms with Crippen molar-refractivity contribution in [2.45, 2.75) is 142 Å². The highest BCUT2D eigenvalue weighted by molar-refractivity contribution is 7.46. The lowest BCUT2D eigenvalue weighted by Gasteiger charge is -2.18. The molecule has 0 spiro atoms. The van der Waals surface area contributed by atoms with Crippen LogP contribution in [0.4, 0.5) is 0 Å². The minimum Gasteiger partial charge on any atom is -0.462 e. The van der Waals surface area contributed by atoms with E-state index in [9.17, 15) is 19.3 Å². The third-order valence-corrected chi connectivity index (χ3v) is 7.54. The molecule has 2 atom stereocenters. The molecule has 0 aromatic rings. The summed E-state index contributed by atoms with van der Waals surface area (Å²) in [4.78, 5) is 42.5. The van der Waals surface area contributed by atoms with Crippen LogP contribution < -0.4 is 0 Å². The SMILES string of the molecule is CC/C=C\C/C=C\CC(O)/C=C/C=C\C/C=C\CCCC(=O)OC[C@H](COP(=O)(O)O)OC(=O)CCCCCCCCCCC(C)C. The van der Waals surface area contributed by atoms with Crippen LogP contribution in [0.25, 0.3) is 0 Å². The van der Waals surface area contributed by atoms with Crippen LogP contribution in [0.3, 0.4) is 0 Å². The normalized spacial score (nSPS) is 14.0. The van der Waals surface area contributed by atoms with Crippen LogP contribution in [0, 0.1) is 5.92 Å². The first-order valence-corrected chi connectivity index (χ1v) is 19.1. The first-order chi connectivity index (χ1) is 22.5. The second-order valence-electron chi connectivity index (χ2n) is 12.1. The molecule has 0 heterocycles. The number of aliphatic hydroxyl groups excluding tert-OH is 1. The Labute approximate surface area is 284 Å². The summed E-state index contributed by atoms with van der Waals surface area (Å²) >= 11 is 0. The molecule has 0 saturated carbocycles. The third kappa shape index (κ3) is 34.9. The number of hydrogen-bond donors (Lipinski definition) is 3. The van der Waals surface area contributed by atoms with Crippen molar-refractivity contribution in [1.82, 2.24) is 0 Å². The summed E-state index contributed by atoms with van der Waals surface area (Å²) in [6.07, 6.45) is 32.8. The lowest BCUT2D eigenvalue weighted by Crippen LogP contribution is -2.29. The number of allylic oxidation sites excluding steroid dienone is 8. The molecular weight excluding hydrogens is 619 g/mol. The molecule has 10 heteroatoms. The Hall–Kier alpha value is -2.29. The van der Waals surface area contributed by atoms with Crippen LogP contribution >= 0.6 is 7.82 Å². The number of aliphatic hydroxyl groups is 1. The summed E-state index contributed by atoms with van der Waals surface area (Å²) in [5.74, 6) is -0.242. The van der Waals surface area contributed by atoms with Crippen molar-refractivity contribution in [2.24, 2.45) is 5.92 Å². The van der Waals surface area contributed by atoms with E-state index >= 15 is 0 Å². The molecule has 0 bridgehead atoms. The van der Waals surface area contributed by atoms with Crippen molar-refractivity contribution >= 4 is 19.8 Å². The molecule has 0 saturated heterocycles. The Morgan fingerprint density at radius 1 is 0.723 bits per heavy atom. The van der Waals surface area contributed by atoms with Crippen molar-refractivity contribution in [3.05, 3.63) is 60.8 Å². The Kier molecular flexibility index (Phi) is 29.5. The molecule has 47 heavy (non-hydrogen) atoms. The summed E-state index contributed by atoms with van der Waals surface area (Å²) < 4.78 is 26.1. The van der Waals surface area contributed by atoms with Crippen molar-refractivity contribution in [3.8, 4) is 0 Å². The molecule has 0 aliphatic carbocycles. The summed E-state index contributed by atoms with van der Waals surface area (Å²) in [6, 6.07) is 0. The highest BCUT2D eigenvalue weighted by atomic mass is 31.2. The van der Waals surface area contributed by atoms with E-state index < -0.39 is 38.6 Å². The van der Waals surface area contributed by atoms with Crippen LogP contribution in [0.1, 0.15) is 130 Å². The number of carbonyl (C=O) groups is 2. The lowest BCUT2D eigenvalue weighted by atomic mass is 10.0. The number of carbonyl (C=O) groups excluding carboxylic acids is 2. The van der Waals surface area contributed by atoms with Gasteiger partial charge in [0.2, 0.25) is 0 Å². The van der Waals surface area contributed by atoms with Gasteiger partial charge < -0.3 is 24.4 Å². The Morgan fingerprint density at radius 3 is 2.02 bits per heavy atom. The Bertz CT molecular complexity index is 978. The summed E-state index contributed by atoms with van der Waals surface area (Å²) in [7, 11) is -4.77. The third-order valence-electron chi connectivity index (χ3n) is 7.06. The number of hydrogen-bond acceptors (Lipinski definition) is 7. The Morgan fingerprint density at radius 2 is 1.34 bits per heavy atom. The fourth-order valence-electron chi connectivity index (χ4n) is 4.44. The van der Waals surface area contributed by atoms with E-state index in [0.717, 1.165) is 44.4 Å². The van der Waals surface area contributed by atoms with E-state index in [1.165, 1.54) is 32.1 Å². The highest BCUT2D eigenvalue weighted by Gasteiger charge is 2.22. The van der Waals surface area contributed by atoms with Crippen LogP contribution in [0.5, 0.6) is 0 Å². The van der Waals surface area contributed by atoms with Crippen molar-refractivity contribution in [1.29, 1.82) is 0 Å². The van der Waals surface area contributed by atoms with Gasteiger partial charge in [0.25, 0.3) is 0 Å². The zero-order chi connectivity index (χ0) is 35.0. The monoisotopic (exact) mass is 682 g/mol. The van der Waals surface area contributed by atoms with Gasteiger partial charge in [-0.15, -0.1) is 0 Å². The van der Waals surface area contributed by atoms with E-state index in [2.05, 4.69) is 37.4 Å². The number of rotatable bonds is 30. The minimum atomic E-state index is -4.77. The van der Waals surface area contributed by atoms with Gasteiger partial charge in [-0.1, -0.05) is 133 Å². The van der Waals surface area contributed by atoms with Gasteiger partial charge in [-0.25, -0.2) is 4.57 Å². The van der Waals surface area contributed by atoms with E-state index in [0.29, 0.717) is 25.7 Å². The maximum Gasteiger partial charge on any atom is 0.469 e. The second-order valence-corrected chi connectivity index (χ2v) is 13.4. The molecular formula is C37H63O9P. The zero-order valence-electron chi connectivity index (χ0n) is 29.2. The molecule has 3 N–H and O–H groups in total. The minimum absolute atomic E-state index is 0.155. The number of esters is 2. The molecule has 9 nitrogen and oxygen atoms in total. The number of unbranched alkanes of at least 4 members (excludes halogenated alkanes) is 8. The largest absolute Gasteiger partial charge is 0.469 e. The standard InChI is InChI=1S/C37H63O9P/c1-4-5-6-7-17-22-27-34(38)28-23-18-13-9-11-14-19-24-29-36(39)44-31-35(32-45-47(41,42)43)46-37(40)30-25-20-15-10-8-12-16-21-26-33(2)3/h5-6,11,13-14,17-18,22-23,28,33-35,38H,4,7-10,12,15-16,19-21,24-27,29-32H2,1-3H3,(H2,41,42,43)/b6-5-,14-11-,18-13-,22-17-,28-23+/t34?,35-/m1/s1. The van der Waals surface area contributed by atoms with Gasteiger partial charge in [0, 0.05) is 12.8 Å². The maximum absolute atomic E-state index is 12.3. The number of phosphoric ester groups is 1. The van der Waals surface area contributed by atoms with Gasteiger partial charge in [0.15, 0.2) is 6.10 Å². The molecule has 0 aliphatic heterocycles. The molecule has 1 unspecified atom stereocenters.